The van der Waals surface area contributed by atoms with Gasteiger partial charge in [0.25, 0.3) is 0 Å². The summed E-state index contributed by atoms with van der Waals surface area (Å²) in [5, 5.41) is 22.3. The smallest absolute Gasteiger partial charge is 0.549 e. The van der Waals surface area contributed by atoms with Gasteiger partial charge in [-0.3, -0.25) is 0 Å². The number of nitrogens with zero attached hydrogens (tertiary/aromatic N) is 1. The maximum Gasteiger partial charge on any atom is 2.00 e. The van der Waals surface area contributed by atoms with E-state index >= 15 is 0 Å². The number of rotatable bonds is 2. The van der Waals surface area contributed by atoms with Crippen LogP contribution in [-0.2, 0) is 35.4 Å². The zero-order valence-corrected chi connectivity index (χ0v) is 15.5. The number of carboxylic acids is 2. The molecule has 3 rings (SSSR count). The topological polar surface area (TPSA) is 153 Å². The number of aromatic amines is 1. The Labute approximate surface area is 148 Å². The number of carbonyl (C=O) groups is 2. The van der Waals surface area contributed by atoms with E-state index in [0.717, 1.165) is 5.82 Å². The fourth-order valence-corrected chi connectivity index (χ4v) is 3.19. The molecule has 0 aromatic carbocycles. The number of nitrogens with one attached hydrogen (secondary N) is 1. The molecular weight excluding hydrogens is 485 g/mol. The normalized spacial score (nSPS) is 33.7. The second-order valence-corrected chi connectivity index (χ2v) is 5.84. The van der Waals surface area contributed by atoms with Crippen molar-refractivity contribution >= 4 is 11.9 Å². The molecule has 2 saturated heterocycles. The van der Waals surface area contributed by atoms with E-state index in [2.05, 4.69) is 9.97 Å². The Balaban J connectivity index is 0.000000518. The van der Waals surface area contributed by atoms with Gasteiger partial charge in [0.05, 0.1) is 24.1 Å². The third-order valence-electron chi connectivity index (χ3n) is 4.87. The molecule has 2 aliphatic heterocycles. The molecule has 8 nitrogen and oxygen atoms in total. The molecule has 4 N–H and O–H groups in total. The van der Waals surface area contributed by atoms with Crippen molar-refractivity contribution in [1.29, 1.82) is 0 Å². The monoisotopic (exact) mass is 506 g/mol. The van der Waals surface area contributed by atoms with Gasteiger partial charge in [0, 0.05) is 23.2 Å². The van der Waals surface area contributed by atoms with Gasteiger partial charge in [-0.2, -0.15) is 0 Å². The third-order valence-corrected chi connectivity index (χ3v) is 4.87. The number of fused-ring (bicyclic) bond motifs is 2. The van der Waals surface area contributed by atoms with Crippen LogP contribution < -0.4 is 16.4 Å². The van der Waals surface area contributed by atoms with E-state index in [4.69, 9.17) is 4.74 Å². The van der Waals surface area contributed by atoms with Gasteiger partial charge >= 0.3 is 21.1 Å². The van der Waals surface area contributed by atoms with Gasteiger partial charge in [-0.25, -0.2) is 4.98 Å². The van der Waals surface area contributed by atoms with E-state index in [0.29, 0.717) is 12.8 Å². The van der Waals surface area contributed by atoms with E-state index in [-0.39, 0.29) is 27.2 Å². The van der Waals surface area contributed by atoms with Crippen molar-refractivity contribution in [2.75, 3.05) is 0 Å². The summed E-state index contributed by atoms with van der Waals surface area (Å²) in [6.45, 7) is 4.67. The second kappa shape index (κ2) is 7.55. The van der Waals surface area contributed by atoms with Crippen molar-refractivity contribution in [3.05, 3.63) is 18.2 Å². The summed E-state index contributed by atoms with van der Waals surface area (Å²) in [4.78, 5) is 29.1. The summed E-state index contributed by atoms with van der Waals surface area (Å²) in [5.74, 6) is -1.78. The van der Waals surface area contributed by atoms with Crippen molar-refractivity contribution in [2.45, 2.75) is 45.8 Å². The Morgan fingerprint density at radius 3 is 1.87 bits per heavy atom. The molecule has 3 heterocycles. The van der Waals surface area contributed by atoms with Gasteiger partial charge in [-0.15, -0.1) is 0 Å². The second-order valence-electron chi connectivity index (χ2n) is 5.84. The predicted molar refractivity (Wildman–Crippen MR) is 72.5 cm³/mol. The quantitative estimate of drug-likeness (QED) is 0.518. The van der Waals surface area contributed by atoms with Crippen LogP contribution in [0.3, 0.4) is 0 Å². The van der Waals surface area contributed by atoms with E-state index in [1.165, 1.54) is 13.8 Å². The number of imidazole rings is 1. The molecule has 2 bridgehead atoms. The molecule has 4 atom stereocenters. The minimum atomic E-state index is -1.49. The maximum absolute atomic E-state index is 11.2. The van der Waals surface area contributed by atoms with E-state index in [9.17, 15) is 19.8 Å². The van der Waals surface area contributed by atoms with Crippen LogP contribution in [0.4, 0.5) is 0 Å². The number of hydrogen-bond donors (Lipinski definition) is 2. The number of aryl methyl sites for hydroxylation is 1. The Hall–Kier alpha value is -1.24. The Morgan fingerprint density at radius 1 is 1.22 bits per heavy atom. The van der Waals surface area contributed by atoms with E-state index in [1.807, 2.05) is 6.92 Å². The Morgan fingerprint density at radius 2 is 1.65 bits per heavy atom. The van der Waals surface area contributed by atoms with Crippen molar-refractivity contribution in [3.63, 3.8) is 0 Å². The zero-order chi connectivity index (χ0) is 15.8. The van der Waals surface area contributed by atoms with Crippen LogP contribution in [-0.4, -0.2) is 34.1 Å². The number of aromatic nitrogens is 2. The minimum Gasteiger partial charge on any atom is -0.549 e. The van der Waals surface area contributed by atoms with E-state index < -0.39 is 35.0 Å². The number of carboxylic acid groups (broad SMARTS) is 2. The fraction of sp³-hybridized carbons (Fsp3) is 0.643. The SMILES string of the molecule is CC1(C(=O)[O-])C2CCC(O2)C1(C)C(=O)[O-].Cc1ncc[nH]1.N.[Pt+2]. The van der Waals surface area contributed by atoms with Gasteiger partial charge in [0.2, 0.25) is 0 Å². The molecule has 9 heteroatoms. The molecule has 132 valence electrons. The largest absolute Gasteiger partial charge is 2.00 e. The summed E-state index contributed by atoms with van der Waals surface area (Å²) < 4.78 is 5.38. The molecule has 1 aromatic heterocycles. The summed E-state index contributed by atoms with van der Waals surface area (Å²) in [5.41, 5.74) is -2.98. The molecule has 0 saturated carbocycles. The Bertz CT molecular complexity index is 521. The molecule has 23 heavy (non-hydrogen) atoms. The molecule has 1 aromatic rings. The van der Waals surface area contributed by atoms with Crippen LogP contribution in [0.25, 0.3) is 0 Å². The summed E-state index contributed by atoms with van der Waals surface area (Å²) in [6.07, 6.45) is 3.52. The molecule has 0 radical (unpaired) electrons. The zero-order valence-electron chi connectivity index (χ0n) is 13.2. The van der Waals surface area contributed by atoms with Crippen LogP contribution in [0, 0.1) is 17.8 Å². The number of ether oxygens (including phenoxy) is 1. The number of aliphatic carboxylic acids is 2. The summed E-state index contributed by atoms with van der Waals surface area (Å²) >= 11 is 0. The van der Waals surface area contributed by atoms with Crippen LogP contribution in [0.5, 0.6) is 0 Å². The molecule has 4 unspecified atom stereocenters. The standard InChI is InChI=1S/C10H14O5.C4H6N2.H3N.Pt/c1-9(7(11)12)5-3-4-6(15-5)10(9,2)8(13)14;1-4-5-2-3-6-4;;/h5-6H,3-4H2,1-2H3,(H,11,12)(H,13,14);2-3H,1H3,(H,5,6);1H3;/q;;;+2/p-2. The molecule has 0 aliphatic carbocycles. The first-order valence-corrected chi connectivity index (χ1v) is 6.79. The van der Waals surface area contributed by atoms with Gasteiger partial charge in [0.1, 0.15) is 5.82 Å². The number of carbonyl (C=O) groups excluding carboxylic acids is 2. The molecule has 2 fully saturated rings. The average Bonchev–Trinajstić information content (AvgIpc) is 3.10. The fourth-order valence-electron chi connectivity index (χ4n) is 3.19. The van der Waals surface area contributed by atoms with Gasteiger partial charge in [0.15, 0.2) is 0 Å². The molecule has 0 spiro atoms. The number of H-pyrrole nitrogens is 1. The van der Waals surface area contributed by atoms with Gasteiger partial charge in [-0.05, 0) is 19.8 Å². The maximum atomic E-state index is 11.2. The van der Waals surface area contributed by atoms with Crippen LogP contribution in [0.15, 0.2) is 12.4 Å². The van der Waals surface area contributed by atoms with Crippen LogP contribution >= 0.6 is 0 Å². The van der Waals surface area contributed by atoms with E-state index in [1.54, 1.807) is 12.4 Å². The predicted octanol–water partition coefficient (Wildman–Crippen LogP) is -1.06. The number of hydrogen-bond acceptors (Lipinski definition) is 7. The first-order valence-electron chi connectivity index (χ1n) is 6.79. The van der Waals surface area contributed by atoms with Crippen LogP contribution in [0.2, 0.25) is 0 Å². The van der Waals surface area contributed by atoms with Crippen molar-refractivity contribution in [1.82, 2.24) is 16.1 Å². The Kier molecular flexibility index (Phi) is 7.14. The molecule has 0 amide bonds. The first-order chi connectivity index (χ1) is 9.74. The van der Waals surface area contributed by atoms with Crippen molar-refractivity contribution < 1.29 is 45.6 Å². The minimum absolute atomic E-state index is 0. The van der Waals surface area contributed by atoms with Crippen molar-refractivity contribution in [3.8, 4) is 0 Å². The van der Waals surface area contributed by atoms with Gasteiger partial charge in [-0.1, -0.05) is 13.8 Å². The van der Waals surface area contributed by atoms with Crippen LogP contribution in [0.1, 0.15) is 32.5 Å². The summed E-state index contributed by atoms with van der Waals surface area (Å²) in [7, 11) is 0. The summed E-state index contributed by atoms with van der Waals surface area (Å²) in [6, 6.07) is 0. The third kappa shape index (κ3) is 3.20. The van der Waals surface area contributed by atoms with Gasteiger partial charge < -0.3 is 35.7 Å². The molecular formula is C14H21N3O5Pt. The average molecular weight is 506 g/mol. The van der Waals surface area contributed by atoms with Crippen molar-refractivity contribution in [2.24, 2.45) is 10.8 Å². The first kappa shape index (κ1) is 21.8. The molecule has 2 aliphatic rings.